The van der Waals surface area contributed by atoms with E-state index in [2.05, 4.69) is 0 Å². The van der Waals surface area contributed by atoms with Gasteiger partial charge in [-0.25, -0.2) is 9.59 Å². The number of fused-ring (bicyclic) bond motifs is 1. The van der Waals surface area contributed by atoms with E-state index >= 15 is 0 Å². The smallest absolute Gasteiger partial charge is 0.338 e. The van der Waals surface area contributed by atoms with E-state index in [0.717, 1.165) is 13.8 Å². The van der Waals surface area contributed by atoms with Crippen LogP contribution in [0.5, 0.6) is 0 Å². The molecule has 0 aromatic heterocycles. The van der Waals surface area contributed by atoms with Gasteiger partial charge in [-0.1, -0.05) is 36.4 Å². The van der Waals surface area contributed by atoms with Gasteiger partial charge in [0.15, 0.2) is 24.4 Å². The van der Waals surface area contributed by atoms with Crippen molar-refractivity contribution < 1.29 is 57.5 Å². The summed E-state index contributed by atoms with van der Waals surface area (Å²) in [6, 6.07) is 16.1. The second kappa shape index (κ2) is 12.1. The van der Waals surface area contributed by atoms with Gasteiger partial charge in [0.25, 0.3) is 0 Å². The number of rotatable bonds is 7. The zero-order valence-electron chi connectivity index (χ0n) is 27.4. The third-order valence-corrected chi connectivity index (χ3v) is 9.94. The first-order valence-electron chi connectivity index (χ1n) is 15.4. The molecule has 252 valence electrons. The lowest BCUT2D eigenvalue weighted by Crippen LogP contribution is -2.84. The van der Waals surface area contributed by atoms with Crippen molar-refractivity contribution in [2.24, 2.45) is 11.3 Å². The molecule has 12 nitrogen and oxygen atoms in total. The van der Waals surface area contributed by atoms with Crippen molar-refractivity contribution in [1.82, 2.24) is 0 Å². The molecule has 5 rings (SSSR count). The fraction of sp³-hybridized carbons (Fsp3) is 0.514. The molecule has 1 spiro atoms. The predicted octanol–water partition coefficient (Wildman–Crippen LogP) is 3.57. The SMILES string of the molecule is CC(=O)OC1C(OC(=O)c2ccccc2)[C@@]2(C)C(OC(=O)c3ccccc3)C(OC(C)=O)[C@H]3C[C@@]2(OC3(C)C)[C@](C)(O)C1OC(C)=O. The lowest BCUT2D eigenvalue weighted by atomic mass is 9.46. The van der Waals surface area contributed by atoms with Crippen molar-refractivity contribution in [2.75, 3.05) is 0 Å². The molecule has 2 saturated carbocycles. The first-order chi connectivity index (χ1) is 22.0. The number of hydrogen-bond donors (Lipinski definition) is 1. The van der Waals surface area contributed by atoms with Crippen LogP contribution in [0.2, 0.25) is 0 Å². The highest BCUT2D eigenvalue weighted by Crippen LogP contribution is 2.69. The van der Waals surface area contributed by atoms with E-state index in [1.54, 1.807) is 69.3 Å². The van der Waals surface area contributed by atoms with E-state index in [9.17, 15) is 29.1 Å². The molecule has 9 atom stereocenters. The first kappa shape index (κ1) is 34.1. The second-order valence-corrected chi connectivity index (χ2v) is 13.3. The zero-order valence-corrected chi connectivity index (χ0v) is 27.4. The van der Waals surface area contributed by atoms with Crippen LogP contribution in [0.1, 0.15) is 75.6 Å². The van der Waals surface area contributed by atoms with E-state index in [0.29, 0.717) is 0 Å². The molecule has 2 aromatic rings. The first-order valence-corrected chi connectivity index (χ1v) is 15.4. The van der Waals surface area contributed by atoms with Gasteiger partial charge in [0.2, 0.25) is 0 Å². The molecule has 0 amide bonds. The third kappa shape index (κ3) is 5.57. The van der Waals surface area contributed by atoms with Crippen LogP contribution in [0, 0.1) is 11.3 Å². The number of carbonyl (C=O) groups is 5. The molecular formula is C35H40O12. The maximum absolute atomic E-state index is 13.8. The Morgan fingerprint density at radius 3 is 1.51 bits per heavy atom. The van der Waals surface area contributed by atoms with Crippen molar-refractivity contribution >= 4 is 29.8 Å². The van der Waals surface area contributed by atoms with E-state index in [-0.39, 0.29) is 17.5 Å². The van der Waals surface area contributed by atoms with Crippen LogP contribution in [0.3, 0.4) is 0 Å². The highest BCUT2D eigenvalue weighted by Gasteiger charge is 2.85. The second-order valence-electron chi connectivity index (χ2n) is 13.3. The van der Waals surface area contributed by atoms with Gasteiger partial charge >= 0.3 is 29.8 Å². The molecule has 0 radical (unpaired) electrons. The summed E-state index contributed by atoms with van der Waals surface area (Å²) in [6.07, 6.45) is -7.47. The minimum atomic E-state index is -2.16. The average molecular weight is 653 g/mol. The van der Waals surface area contributed by atoms with E-state index in [1.807, 2.05) is 0 Å². The molecule has 47 heavy (non-hydrogen) atoms. The highest BCUT2D eigenvalue weighted by molar-refractivity contribution is 5.90. The summed E-state index contributed by atoms with van der Waals surface area (Å²) in [6.45, 7) is 9.89. The number of carbonyl (C=O) groups excluding carboxylic acids is 5. The monoisotopic (exact) mass is 652 g/mol. The van der Waals surface area contributed by atoms with Crippen LogP contribution in [-0.2, 0) is 42.8 Å². The topological polar surface area (TPSA) is 161 Å². The Morgan fingerprint density at radius 2 is 1.06 bits per heavy atom. The van der Waals surface area contributed by atoms with Gasteiger partial charge in [-0.15, -0.1) is 0 Å². The minimum Gasteiger partial charge on any atom is -0.458 e. The fourth-order valence-electron chi connectivity index (χ4n) is 7.95. The number of aliphatic hydroxyl groups is 1. The largest absolute Gasteiger partial charge is 0.458 e. The number of hydrogen-bond acceptors (Lipinski definition) is 12. The molecule has 2 aliphatic carbocycles. The summed E-state index contributed by atoms with van der Waals surface area (Å²) < 4.78 is 36.7. The Kier molecular flexibility index (Phi) is 8.74. The fourth-order valence-corrected chi connectivity index (χ4v) is 7.95. The Balaban J connectivity index is 1.80. The molecule has 1 heterocycles. The van der Waals surface area contributed by atoms with Crippen molar-refractivity contribution in [3.05, 3.63) is 71.8 Å². The van der Waals surface area contributed by atoms with Crippen molar-refractivity contribution in [3.63, 3.8) is 0 Å². The summed E-state index contributed by atoms with van der Waals surface area (Å²) in [4.78, 5) is 65.5. The van der Waals surface area contributed by atoms with Gasteiger partial charge in [-0.05, 0) is 58.4 Å². The van der Waals surface area contributed by atoms with Crippen LogP contribution >= 0.6 is 0 Å². The molecule has 3 fully saturated rings. The summed E-state index contributed by atoms with van der Waals surface area (Å²) in [5, 5.41) is 12.7. The number of esters is 5. The molecule has 3 aliphatic rings. The van der Waals surface area contributed by atoms with Crippen molar-refractivity contribution in [3.8, 4) is 0 Å². The maximum atomic E-state index is 13.8. The molecule has 1 saturated heterocycles. The Morgan fingerprint density at radius 1 is 0.638 bits per heavy atom. The lowest BCUT2D eigenvalue weighted by Gasteiger charge is -2.66. The average Bonchev–Trinajstić information content (AvgIpc) is 3.28. The van der Waals surface area contributed by atoms with Crippen LogP contribution in [-0.4, -0.2) is 82.3 Å². The van der Waals surface area contributed by atoms with Crippen LogP contribution in [0.25, 0.3) is 0 Å². The van der Waals surface area contributed by atoms with E-state index in [1.165, 1.54) is 26.0 Å². The van der Waals surface area contributed by atoms with Gasteiger partial charge in [0.05, 0.1) is 22.1 Å². The quantitative estimate of drug-likeness (QED) is 0.343. The molecule has 2 bridgehead atoms. The summed E-state index contributed by atoms with van der Waals surface area (Å²) in [5.41, 5.74) is -6.59. The van der Waals surface area contributed by atoms with E-state index in [4.69, 9.17) is 28.4 Å². The van der Waals surface area contributed by atoms with Gasteiger partial charge < -0.3 is 33.5 Å². The third-order valence-electron chi connectivity index (χ3n) is 9.94. The van der Waals surface area contributed by atoms with Crippen LogP contribution in [0.4, 0.5) is 0 Å². The van der Waals surface area contributed by atoms with E-state index < -0.39 is 88.5 Å². The Hall–Kier alpha value is -4.29. The Labute approximate surface area is 272 Å². The van der Waals surface area contributed by atoms with Gasteiger partial charge in [0, 0.05) is 26.7 Å². The molecule has 1 N–H and O–H groups in total. The summed E-state index contributed by atoms with van der Waals surface area (Å²) >= 11 is 0. The summed E-state index contributed by atoms with van der Waals surface area (Å²) in [7, 11) is 0. The molecule has 1 aliphatic heterocycles. The van der Waals surface area contributed by atoms with Crippen LogP contribution in [0.15, 0.2) is 60.7 Å². The molecule has 5 unspecified atom stereocenters. The lowest BCUT2D eigenvalue weighted by molar-refractivity contribution is -0.356. The maximum Gasteiger partial charge on any atom is 0.338 e. The van der Waals surface area contributed by atoms with Crippen molar-refractivity contribution in [1.29, 1.82) is 0 Å². The van der Waals surface area contributed by atoms with Crippen LogP contribution < -0.4 is 0 Å². The molecular weight excluding hydrogens is 612 g/mol. The molecule has 2 aromatic carbocycles. The normalized spacial score (nSPS) is 35.1. The number of ether oxygens (including phenoxy) is 6. The van der Waals surface area contributed by atoms with Gasteiger partial charge in [0.1, 0.15) is 17.3 Å². The highest BCUT2D eigenvalue weighted by atomic mass is 16.6. The standard InChI is InChI=1S/C35H40O12/c1-19(36)42-25-24-18-35(47-32(24,4)5)33(6,27(25)45-30(39)22-14-10-8-11-15-22)28(46-31(40)23-16-12-9-13-17-23)26(43-20(2)37)29(34(35,7)41)44-21(3)38/h8-17,24-29,41H,18H2,1-7H3/t24-,25?,26?,27?,28?,29?,33-,34-,35+/m1/s1. The minimum absolute atomic E-state index is 0.00915. The zero-order chi connectivity index (χ0) is 34.5. The van der Waals surface area contributed by atoms with Gasteiger partial charge in [-0.2, -0.15) is 0 Å². The van der Waals surface area contributed by atoms with Gasteiger partial charge in [-0.3, -0.25) is 14.4 Å². The summed E-state index contributed by atoms with van der Waals surface area (Å²) in [5.74, 6) is -4.63. The predicted molar refractivity (Wildman–Crippen MR) is 163 cm³/mol. The van der Waals surface area contributed by atoms with Crippen molar-refractivity contribution in [2.45, 2.75) is 102 Å². The molecule has 12 heteroatoms. The number of benzene rings is 2. The Bertz CT molecular complexity index is 1550.